The molecule has 26 heavy (non-hydrogen) atoms. The first kappa shape index (κ1) is 20.4. The van der Waals surface area contributed by atoms with Crippen molar-refractivity contribution in [2.24, 2.45) is 7.05 Å². The average Bonchev–Trinajstić information content (AvgIpc) is 2.96. The third-order valence-electron chi connectivity index (χ3n) is 3.52. The summed E-state index contributed by atoms with van der Waals surface area (Å²) in [5.41, 5.74) is 0.172. The quantitative estimate of drug-likeness (QED) is 0.550. The number of nitrogens with zero attached hydrogens (tertiary/aromatic N) is 2. The summed E-state index contributed by atoms with van der Waals surface area (Å²) < 4.78 is 46.1. The van der Waals surface area contributed by atoms with Crippen LogP contribution in [-0.2, 0) is 37.2 Å². The number of ether oxygens (including phenoxy) is 1. The molecule has 136 valence electrons. The molecule has 0 saturated carbocycles. The van der Waals surface area contributed by atoms with Crippen molar-refractivity contribution in [1.29, 1.82) is 0 Å². The number of hydrogen-bond donors (Lipinski definition) is 0. The second kappa shape index (κ2) is 8.17. The van der Waals surface area contributed by atoms with Crippen LogP contribution < -0.4 is 4.74 Å². The minimum atomic E-state index is -4.56. The van der Waals surface area contributed by atoms with Crippen molar-refractivity contribution in [2.45, 2.75) is 12.8 Å². The minimum absolute atomic E-state index is 0. The number of aromatic nitrogens is 2. The molecule has 0 aliphatic heterocycles. The molecule has 3 nitrogen and oxygen atoms in total. The monoisotopic (exact) mass is 417 g/mol. The number of benzene rings is 2. The molecule has 1 aromatic heterocycles. The zero-order valence-electron chi connectivity index (χ0n) is 13.5. The number of halogens is 4. The van der Waals surface area contributed by atoms with Crippen LogP contribution in [0.3, 0.4) is 0 Å². The second-order valence-electron chi connectivity index (χ2n) is 5.40. The van der Waals surface area contributed by atoms with Gasteiger partial charge in [0.15, 0.2) is 5.69 Å². The molecule has 0 fully saturated rings. The third-order valence-corrected chi connectivity index (χ3v) is 3.83. The number of rotatable bonds is 4. The number of hydrogen-bond acceptors (Lipinski definition) is 2. The van der Waals surface area contributed by atoms with Gasteiger partial charge in [0.2, 0.25) is 0 Å². The van der Waals surface area contributed by atoms with Crippen LogP contribution in [0.4, 0.5) is 13.2 Å². The van der Waals surface area contributed by atoms with E-state index in [1.165, 1.54) is 25.4 Å². The molecule has 0 aliphatic carbocycles. The maximum atomic E-state index is 13.1. The maximum absolute atomic E-state index is 13.1. The smallest absolute Gasteiger partial charge is 0.435 e. The van der Waals surface area contributed by atoms with E-state index in [9.17, 15) is 13.2 Å². The molecule has 0 atom stereocenters. The fourth-order valence-electron chi connectivity index (χ4n) is 2.38. The van der Waals surface area contributed by atoms with Gasteiger partial charge < -0.3 is 4.74 Å². The predicted molar refractivity (Wildman–Crippen MR) is 88.3 cm³/mol. The van der Waals surface area contributed by atoms with E-state index in [0.29, 0.717) is 12.4 Å². The van der Waals surface area contributed by atoms with Crippen molar-refractivity contribution in [1.82, 2.24) is 9.78 Å². The van der Waals surface area contributed by atoms with Gasteiger partial charge in [-0.1, -0.05) is 11.6 Å². The molecule has 0 unspecified atom stereocenters. The third kappa shape index (κ3) is 4.61. The van der Waals surface area contributed by atoms with Gasteiger partial charge in [0.05, 0.1) is 11.6 Å². The first-order valence-corrected chi connectivity index (χ1v) is 7.71. The topological polar surface area (TPSA) is 27.1 Å². The van der Waals surface area contributed by atoms with E-state index in [1.807, 2.05) is 12.1 Å². The fourth-order valence-corrected chi connectivity index (χ4v) is 2.66. The zero-order valence-corrected chi connectivity index (χ0v) is 15.6. The van der Waals surface area contributed by atoms with Crippen LogP contribution in [-0.4, -0.2) is 9.78 Å². The van der Waals surface area contributed by atoms with Gasteiger partial charge in [0.25, 0.3) is 0 Å². The van der Waals surface area contributed by atoms with E-state index < -0.39 is 11.9 Å². The molecule has 0 spiro atoms. The van der Waals surface area contributed by atoms with Gasteiger partial charge in [0.1, 0.15) is 5.75 Å². The zero-order chi connectivity index (χ0) is 18.0. The summed E-state index contributed by atoms with van der Waals surface area (Å²) in [6, 6.07) is 14.8. The Hall–Kier alpha value is -1.94. The molecule has 0 aliphatic rings. The van der Waals surface area contributed by atoms with Gasteiger partial charge in [-0.05, 0) is 18.2 Å². The Morgan fingerprint density at radius 3 is 2.46 bits per heavy atom. The summed E-state index contributed by atoms with van der Waals surface area (Å²) in [6.07, 6.45) is -3.26. The molecule has 2 aromatic carbocycles. The van der Waals surface area contributed by atoms with Gasteiger partial charge in [-0.25, -0.2) is 0 Å². The van der Waals surface area contributed by atoms with Crippen molar-refractivity contribution in [2.75, 3.05) is 0 Å². The van der Waals surface area contributed by atoms with Gasteiger partial charge in [-0.3, -0.25) is 4.68 Å². The Kier molecular flexibility index (Phi) is 6.40. The summed E-state index contributed by atoms with van der Waals surface area (Å²) in [7, 11) is 1.43. The van der Waals surface area contributed by atoms with Gasteiger partial charge >= 0.3 is 6.18 Å². The van der Waals surface area contributed by atoms with Crippen LogP contribution in [0.1, 0.15) is 11.3 Å². The van der Waals surface area contributed by atoms with Gasteiger partial charge in [0, 0.05) is 41.7 Å². The average molecular weight is 418 g/mol. The van der Waals surface area contributed by atoms with E-state index in [4.69, 9.17) is 16.3 Å². The van der Waals surface area contributed by atoms with E-state index in [2.05, 4.69) is 11.2 Å². The summed E-state index contributed by atoms with van der Waals surface area (Å²) >= 11 is 6.19. The summed E-state index contributed by atoms with van der Waals surface area (Å²) in [5.74, 6) is 0.471. The maximum Gasteiger partial charge on any atom is 0.435 e. The van der Waals surface area contributed by atoms with E-state index in [1.54, 1.807) is 18.2 Å². The normalized spacial score (nSPS) is 11.1. The van der Waals surface area contributed by atoms with Crippen LogP contribution in [0.25, 0.3) is 11.1 Å². The standard InChI is InChI=1S/C18H13ClF3N2O.Cr/c1-24-10-15(17(23-24)18(20,21)22)14-8-7-13(9-16(14)19)25-11-12-5-3-2-4-6-12;/h3-10H,11H2,1H3;/q-1;. The van der Waals surface area contributed by atoms with Crippen LogP contribution in [0.5, 0.6) is 5.75 Å². The molecule has 8 heteroatoms. The summed E-state index contributed by atoms with van der Waals surface area (Å²) in [6.45, 7) is 0.324. The first-order valence-electron chi connectivity index (χ1n) is 7.33. The molecular formula is C18H13ClCrF3N2O-. The molecule has 0 amide bonds. The molecular weight excluding hydrogens is 405 g/mol. The Morgan fingerprint density at radius 1 is 1.15 bits per heavy atom. The Morgan fingerprint density at radius 2 is 1.85 bits per heavy atom. The van der Waals surface area contributed by atoms with Crippen molar-refractivity contribution < 1.29 is 35.3 Å². The van der Waals surface area contributed by atoms with Crippen molar-refractivity contribution >= 4 is 11.6 Å². The molecule has 0 bridgehead atoms. The van der Waals surface area contributed by atoms with Gasteiger partial charge in [-0.2, -0.15) is 48.6 Å². The van der Waals surface area contributed by atoms with Crippen LogP contribution in [0.2, 0.25) is 5.02 Å². The van der Waals surface area contributed by atoms with Crippen LogP contribution >= 0.6 is 11.6 Å². The molecule has 3 rings (SSSR count). The summed E-state index contributed by atoms with van der Waals surface area (Å²) in [5, 5.41) is 3.66. The number of alkyl halides is 3. The first-order chi connectivity index (χ1) is 11.8. The Labute approximate surface area is 164 Å². The minimum Gasteiger partial charge on any atom is -0.491 e. The molecule has 0 radical (unpaired) electrons. The van der Waals surface area contributed by atoms with E-state index in [-0.39, 0.29) is 33.5 Å². The molecule has 3 aromatic rings. The Balaban J connectivity index is 0.00000243. The van der Waals surface area contributed by atoms with Gasteiger partial charge in [-0.15, -0.1) is 5.56 Å². The van der Waals surface area contributed by atoms with Crippen LogP contribution in [0, 0.1) is 6.07 Å². The van der Waals surface area contributed by atoms with E-state index in [0.717, 1.165) is 10.2 Å². The van der Waals surface area contributed by atoms with Crippen molar-refractivity contribution in [3.8, 4) is 16.9 Å². The molecule has 0 N–H and O–H groups in total. The van der Waals surface area contributed by atoms with E-state index >= 15 is 0 Å². The molecule has 0 saturated heterocycles. The second-order valence-corrected chi connectivity index (χ2v) is 5.81. The molecule has 1 heterocycles. The fraction of sp³-hybridized carbons (Fsp3) is 0.167. The van der Waals surface area contributed by atoms with Crippen molar-refractivity contribution in [3.05, 3.63) is 71.0 Å². The predicted octanol–water partition coefficient (Wildman–Crippen LogP) is 5.14. The summed E-state index contributed by atoms with van der Waals surface area (Å²) in [4.78, 5) is 0. The van der Waals surface area contributed by atoms with Crippen LogP contribution in [0.15, 0.2) is 48.7 Å². The Bertz CT molecular complexity index is 882. The largest absolute Gasteiger partial charge is 0.491 e. The number of aryl methyl sites for hydroxylation is 1. The SMILES string of the molecule is Cn1cc(-c2ccc(OCc3cc[c-]cc3)cc2Cl)c(C(F)(F)F)n1.[Cr]. The van der Waals surface area contributed by atoms with Crippen molar-refractivity contribution in [3.63, 3.8) is 0 Å².